The van der Waals surface area contributed by atoms with E-state index in [1.54, 1.807) is 0 Å². The van der Waals surface area contributed by atoms with Crippen LogP contribution in [0.5, 0.6) is 0 Å². The Labute approximate surface area is 103 Å². The molecule has 0 aliphatic rings. The Kier molecular flexibility index (Phi) is 3.66. The van der Waals surface area contributed by atoms with Crippen molar-refractivity contribution < 1.29 is 0 Å². The first-order valence-corrected chi connectivity index (χ1v) is 6.00. The molecule has 2 aromatic carbocycles. The molecule has 0 saturated carbocycles. The van der Waals surface area contributed by atoms with Crippen molar-refractivity contribution in [3.8, 4) is 0 Å². The molecule has 88 valence electrons. The van der Waals surface area contributed by atoms with E-state index in [0.717, 1.165) is 24.3 Å². The average molecular weight is 226 g/mol. The number of nitrogens with two attached hydrogens (primary N) is 1. The topological polar surface area (TPSA) is 29.3 Å². The van der Waals surface area contributed by atoms with Crippen LogP contribution in [0.3, 0.4) is 0 Å². The summed E-state index contributed by atoms with van der Waals surface area (Å²) in [5, 5.41) is 0. The second-order valence-corrected chi connectivity index (χ2v) is 4.05. The Morgan fingerprint density at radius 2 is 1.59 bits per heavy atom. The van der Waals surface area contributed by atoms with Gasteiger partial charge in [-0.05, 0) is 30.7 Å². The fraction of sp³-hybridized carbons (Fsp3) is 0.200. The molecule has 2 nitrogen and oxygen atoms in total. The van der Waals surface area contributed by atoms with Gasteiger partial charge in [-0.3, -0.25) is 0 Å². The number of rotatable bonds is 4. The molecule has 0 bridgehead atoms. The first-order valence-electron chi connectivity index (χ1n) is 6.00. The van der Waals surface area contributed by atoms with Crippen LogP contribution in [0.1, 0.15) is 13.3 Å². The lowest BCUT2D eigenvalue weighted by Crippen LogP contribution is -2.18. The van der Waals surface area contributed by atoms with Crippen LogP contribution >= 0.6 is 0 Å². The zero-order chi connectivity index (χ0) is 12.1. The number of benzene rings is 2. The summed E-state index contributed by atoms with van der Waals surface area (Å²) in [5.74, 6) is 0. The van der Waals surface area contributed by atoms with Gasteiger partial charge < -0.3 is 10.6 Å². The van der Waals surface area contributed by atoms with Gasteiger partial charge in [0.25, 0.3) is 0 Å². The van der Waals surface area contributed by atoms with Crippen molar-refractivity contribution in [2.24, 2.45) is 0 Å². The van der Waals surface area contributed by atoms with Gasteiger partial charge in [-0.2, -0.15) is 0 Å². The summed E-state index contributed by atoms with van der Waals surface area (Å²) in [6.07, 6.45) is 1.09. The van der Waals surface area contributed by atoms with E-state index in [1.807, 2.05) is 24.3 Å². The standard InChI is InChI=1S/C15H18N2/c1-2-12-17(13-8-4-3-5-9-13)15-11-7-6-10-14(15)16/h3-11H,2,12,16H2,1H3. The minimum atomic E-state index is 0.824. The first-order chi connectivity index (χ1) is 8.33. The van der Waals surface area contributed by atoms with Gasteiger partial charge in [0.15, 0.2) is 0 Å². The fourth-order valence-corrected chi connectivity index (χ4v) is 1.95. The van der Waals surface area contributed by atoms with E-state index >= 15 is 0 Å². The maximum Gasteiger partial charge on any atom is 0.0644 e. The second-order valence-electron chi connectivity index (χ2n) is 4.05. The molecule has 2 N–H and O–H groups in total. The van der Waals surface area contributed by atoms with Gasteiger partial charge in [-0.15, -0.1) is 0 Å². The number of nitrogen functional groups attached to an aromatic ring is 1. The highest BCUT2D eigenvalue weighted by atomic mass is 15.1. The average Bonchev–Trinajstić information content (AvgIpc) is 2.38. The highest BCUT2D eigenvalue weighted by Gasteiger charge is 2.09. The third-order valence-electron chi connectivity index (χ3n) is 2.74. The van der Waals surface area contributed by atoms with Gasteiger partial charge in [0.1, 0.15) is 0 Å². The third-order valence-corrected chi connectivity index (χ3v) is 2.74. The first kappa shape index (κ1) is 11.5. The summed E-state index contributed by atoms with van der Waals surface area (Å²) in [6, 6.07) is 18.4. The van der Waals surface area contributed by atoms with Crippen molar-refractivity contribution in [1.29, 1.82) is 0 Å². The minimum Gasteiger partial charge on any atom is -0.397 e. The highest BCUT2D eigenvalue weighted by Crippen LogP contribution is 2.29. The van der Waals surface area contributed by atoms with Crippen LogP contribution in [0.25, 0.3) is 0 Å². The van der Waals surface area contributed by atoms with Crippen LogP contribution in [0, 0.1) is 0 Å². The molecular formula is C15H18N2. The molecule has 0 aliphatic heterocycles. The van der Waals surface area contributed by atoms with Crippen molar-refractivity contribution in [3.05, 3.63) is 54.6 Å². The highest BCUT2D eigenvalue weighted by molar-refractivity contribution is 5.74. The van der Waals surface area contributed by atoms with Crippen LogP contribution in [-0.2, 0) is 0 Å². The van der Waals surface area contributed by atoms with Gasteiger partial charge >= 0.3 is 0 Å². The van der Waals surface area contributed by atoms with Crippen LogP contribution in [0.15, 0.2) is 54.6 Å². The summed E-state index contributed by atoms with van der Waals surface area (Å²) >= 11 is 0. The van der Waals surface area contributed by atoms with E-state index in [2.05, 4.69) is 42.2 Å². The number of anilines is 3. The van der Waals surface area contributed by atoms with Crippen molar-refractivity contribution in [1.82, 2.24) is 0 Å². The molecule has 0 aliphatic carbocycles. The molecule has 2 aromatic rings. The lowest BCUT2D eigenvalue weighted by Gasteiger charge is -2.25. The van der Waals surface area contributed by atoms with E-state index in [1.165, 1.54) is 5.69 Å². The Morgan fingerprint density at radius 1 is 0.941 bits per heavy atom. The normalized spacial score (nSPS) is 10.2. The molecular weight excluding hydrogens is 208 g/mol. The Morgan fingerprint density at radius 3 is 2.24 bits per heavy atom. The quantitative estimate of drug-likeness (QED) is 0.803. The summed E-state index contributed by atoms with van der Waals surface area (Å²) in [4.78, 5) is 2.26. The molecule has 0 atom stereocenters. The predicted molar refractivity (Wildman–Crippen MR) is 74.6 cm³/mol. The third kappa shape index (κ3) is 2.59. The SMILES string of the molecule is CCCN(c1ccccc1)c1ccccc1N. The van der Waals surface area contributed by atoms with E-state index in [9.17, 15) is 0 Å². The molecule has 2 rings (SSSR count). The smallest absolute Gasteiger partial charge is 0.0644 e. The molecule has 0 radical (unpaired) electrons. The van der Waals surface area contributed by atoms with E-state index in [-0.39, 0.29) is 0 Å². The van der Waals surface area contributed by atoms with Gasteiger partial charge in [0.2, 0.25) is 0 Å². The van der Waals surface area contributed by atoms with Crippen LogP contribution in [-0.4, -0.2) is 6.54 Å². The van der Waals surface area contributed by atoms with Crippen molar-refractivity contribution in [2.75, 3.05) is 17.2 Å². The Bertz CT molecular complexity index is 465. The molecule has 17 heavy (non-hydrogen) atoms. The molecule has 0 spiro atoms. The number of nitrogens with zero attached hydrogens (tertiary/aromatic N) is 1. The van der Waals surface area contributed by atoms with Crippen LogP contribution in [0.2, 0.25) is 0 Å². The summed E-state index contributed by atoms with van der Waals surface area (Å²) < 4.78 is 0. The second kappa shape index (κ2) is 5.39. The molecule has 0 heterocycles. The zero-order valence-electron chi connectivity index (χ0n) is 10.1. The van der Waals surface area contributed by atoms with Crippen molar-refractivity contribution >= 4 is 17.1 Å². The number of para-hydroxylation sites is 3. The summed E-state index contributed by atoms with van der Waals surface area (Å²) in [6.45, 7) is 3.15. The van der Waals surface area contributed by atoms with Gasteiger partial charge in [-0.25, -0.2) is 0 Å². The van der Waals surface area contributed by atoms with Crippen LogP contribution in [0.4, 0.5) is 17.1 Å². The maximum atomic E-state index is 6.05. The van der Waals surface area contributed by atoms with Gasteiger partial charge in [-0.1, -0.05) is 37.3 Å². The molecule has 0 unspecified atom stereocenters. The Hall–Kier alpha value is -1.96. The Balaban J connectivity index is 2.39. The maximum absolute atomic E-state index is 6.05. The fourth-order valence-electron chi connectivity index (χ4n) is 1.95. The summed E-state index contributed by atoms with van der Waals surface area (Å²) in [5.41, 5.74) is 9.14. The minimum absolute atomic E-state index is 0.824. The van der Waals surface area contributed by atoms with E-state index < -0.39 is 0 Å². The molecule has 0 amide bonds. The number of hydrogen-bond acceptors (Lipinski definition) is 2. The molecule has 2 heteroatoms. The molecule has 0 saturated heterocycles. The largest absolute Gasteiger partial charge is 0.397 e. The lowest BCUT2D eigenvalue weighted by molar-refractivity contribution is 0.886. The van der Waals surface area contributed by atoms with E-state index in [4.69, 9.17) is 5.73 Å². The molecule has 0 aromatic heterocycles. The zero-order valence-corrected chi connectivity index (χ0v) is 10.1. The lowest BCUT2D eigenvalue weighted by atomic mass is 10.2. The van der Waals surface area contributed by atoms with Gasteiger partial charge in [0.05, 0.1) is 11.4 Å². The molecule has 0 fully saturated rings. The van der Waals surface area contributed by atoms with Crippen molar-refractivity contribution in [3.63, 3.8) is 0 Å². The van der Waals surface area contributed by atoms with Crippen LogP contribution < -0.4 is 10.6 Å². The van der Waals surface area contributed by atoms with Gasteiger partial charge in [0, 0.05) is 12.2 Å². The number of hydrogen-bond donors (Lipinski definition) is 1. The predicted octanol–water partition coefficient (Wildman–Crippen LogP) is 3.82. The monoisotopic (exact) mass is 226 g/mol. The van der Waals surface area contributed by atoms with E-state index in [0.29, 0.717) is 0 Å². The van der Waals surface area contributed by atoms with Crippen molar-refractivity contribution in [2.45, 2.75) is 13.3 Å². The summed E-state index contributed by atoms with van der Waals surface area (Å²) in [7, 11) is 0.